The minimum absolute atomic E-state index is 0.617. The van der Waals surface area contributed by atoms with E-state index in [2.05, 4.69) is 21.4 Å². The van der Waals surface area contributed by atoms with E-state index >= 15 is 0 Å². The van der Waals surface area contributed by atoms with E-state index < -0.39 is 0 Å². The molecule has 112 valence electrons. The first kappa shape index (κ1) is 14.1. The van der Waals surface area contributed by atoms with Crippen LogP contribution in [0.1, 0.15) is 37.2 Å². The summed E-state index contributed by atoms with van der Waals surface area (Å²) in [5, 5.41) is 0. The van der Waals surface area contributed by atoms with Gasteiger partial charge >= 0.3 is 0 Å². The van der Waals surface area contributed by atoms with Gasteiger partial charge in [-0.05, 0) is 51.0 Å². The summed E-state index contributed by atoms with van der Waals surface area (Å²) < 4.78 is 7.62. The normalized spacial score (nSPS) is 24.2. The molecule has 1 aromatic heterocycles. The lowest BCUT2D eigenvalue weighted by Crippen LogP contribution is -2.38. The predicted molar refractivity (Wildman–Crippen MR) is 79.6 cm³/mol. The van der Waals surface area contributed by atoms with Crippen molar-refractivity contribution in [2.75, 3.05) is 26.7 Å². The molecule has 0 N–H and O–H groups in total. The summed E-state index contributed by atoms with van der Waals surface area (Å²) in [7, 11) is 1.74. The zero-order valence-corrected chi connectivity index (χ0v) is 12.8. The second-order valence-corrected chi connectivity index (χ2v) is 6.57. The molecule has 0 bridgehead atoms. The maximum atomic E-state index is 5.26. The summed E-state index contributed by atoms with van der Waals surface area (Å²) in [6.07, 6.45) is 7.59. The first-order valence-corrected chi connectivity index (χ1v) is 7.98. The van der Waals surface area contributed by atoms with Crippen molar-refractivity contribution in [2.45, 2.75) is 45.8 Å². The van der Waals surface area contributed by atoms with E-state index in [-0.39, 0.29) is 0 Å². The Kier molecular flexibility index (Phi) is 4.41. The fraction of sp³-hybridized carbons (Fsp3) is 0.812. The Morgan fingerprint density at radius 3 is 2.85 bits per heavy atom. The summed E-state index contributed by atoms with van der Waals surface area (Å²) in [6.45, 7) is 7.78. The lowest BCUT2D eigenvalue weighted by atomic mass is 9.97. The maximum absolute atomic E-state index is 5.26. The predicted octanol–water partition coefficient (Wildman–Crippen LogP) is 2.46. The van der Waals surface area contributed by atoms with Crippen molar-refractivity contribution < 1.29 is 4.74 Å². The Morgan fingerprint density at radius 2 is 2.10 bits per heavy atom. The summed E-state index contributed by atoms with van der Waals surface area (Å²) in [5.41, 5.74) is 1.26. The number of aryl methyl sites for hydroxylation is 1. The molecular weight excluding hydrogens is 250 g/mol. The van der Waals surface area contributed by atoms with Crippen LogP contribution >= 0.6 is 0 Å². The quantitative estimate of drug-likeness (QED) is 0.800. The minimum Gasteiger partial charge on any atom is -0.377 e. The smallest absolute Gasteiger partial charge is 0.134 e. The van der Waals surface area contributed by atoms with Crippen LogP contribution in [0.3, 0.4) is 0 Å². The Balaban J connectivity index is 1.59. The van der Waals surface area contributed by atoms with Crippen LogP contribution in [0.25, 0.3) is 0 Å². The van der Waals surface area contributed by atoms with Crippen molar-refractivity contribution in [2.24, 2.45) is 11.8 Å². The highest BCUT2D eigenvalue weighted by Gasteiger charge is 2.28. The van der Waals surface area contributed by atoms with Gasteiger partial charge in [0.25, 0.3) is 0 Å². The van der Waals surface area contributed by atoms with E-state index in [4.69, 9.17) is 4.74 Å². The number of methoxy groups -OCH3 is 1. The van der Waals surface area contributed by atoms with Crippen LogP contribution in [-0.4, -0.2) is 41.2 Å². The summed E-state index contributed by atoms with van der Waals surface area (Å²) in [5.74, 6) is 2.85. The van der Waals surface area contributed by atoms with Crippen molar-refractivity contribution in [3.63, 3.8) is 0 Å². The van der Waals surface area contributed by atoms with Crippen molar-refractivity contribution in [3.8, 4) is 0 Å². The van der Waals surface area contributed by atoms with E-state index in [1.165, 1.54) is 51.0 Å². The first-order chi connectivity index (χ1) is 9.76. The fourth-order valence-corrected chi connectivity index (χ4v) is 3.39. The Morgan fingerprint density at radius 1 is 1.25 bits per heavy atom. The van der Waals surface area contributed by atoms with Gasteiger partial charge in [0.2, 0.25) is 0 Å². The molecule has 2 fully saturated rings. The number of nitrogens with zero attached hydrogens (tertiary/aromatic N) is 3. The molecule has 1 unspecified atom stereocenters. The number of aromatic nitrogens is 2. The molecule has 1 aliphatic carbocycles. The molecule has 0 spiro atoms. The molecule has 1 atom stereocenters. The number of hydrogen-bond acceptors (Lipinski definition) is 3. The van der Waals surface area contributed by atoms with E-state index in [0.717, 1.165) is 24.2 Å². The van der Waals surface area contributed by atoms with Gasteiger partial charge in [-0.25, -0.2) is 4.98 Å². The van der Waals surface area contributed by atoms with Gasteiger partial charge in [0.1, 0.15) is 12.4 Å². The Hall–Kier alpha value is -0.870. The molecular formula is C16H27N3O. The highest BCUT2D eigenvalue weighted by atomic mass is 16.5. The van der Waals surface area contributed by atoms with Crippen molar-refractivity contribution >= 4 is 0 Å². The number of hydrogen-bond donors (Lipinski definition) is 0. The second kappa shape index (κ2) is 6.27. The molecule has 4 heteroatoms. The van der Waals surface area contributed by atoms with Gasteiger partial charge in [-0.15, -0.1) is 0 Å². The van der Waals surface area contributed by atoms with Crippen molar-refractivity contribution in [3.05, 3.63) is 17.7 Å². The number of rotatable bonds is 6. The van der Waals surface area contributed by atoms with E-state index in [1.54, 1.807) is 7.11 Å². The number of piperidine rings is 1. The highest BCUT2D eigenvalue weighted by molar-refractivity contribution is 5.03. The number of ether oxygens (including phenoxy) is 1. The zero-order chi connectivity index (χ0) is 13.9. The van der Waals surface area contributed by atoms with Gasteiger partial charge in [-0.2, -0.15) is 0 Å². The average Bonchev–Trinajstić information content (AvgIpc) is 3.19. The molecule has 0 radical (unpaired) electrons. The summed E-state index contributed by atoms with van der Waals surface area (Å²) >= 11 is 0. The molecule has 4 nitrogen and oxygen atoms in total. The average molecular weight is 277 g/mol. The van der Waals surface area contributed by atoms with Gasteiger partial charge in [0.05, 0.1) is 0 Å². The first-order valence-electron chi connectivity index (χ1n) is 7.98. The molecule has 1 aromatic rings. The van der Waals surface area contributed by atoms with Crippen molar-refractivity contribution in [1.29, 1.82) is 0 Å². The number of imidazole rings is 1. The molecule has 1 aliphatic heterocycles. The summed E-state index contributed by atoms with van der Waals surface area (Å²) in [4.78, 5) is 7.16. The highest BCUT2D eigenvalue weighted by Crippen LogP contribution is 2.31. The third-order valence-corrected chi connectivity index (χ3v) is 4.67. The van der Waals surface area contributed by atoms with Gasteiger partial charge in [0.15, 0.2) is 0 Å². The molecule has 0 amide bonds. The van der Waals surface area contributed by atoms with Gasteiger partial charge in [-0.3, -0.25) is 0 Å². The zero-order valence-electron chi connectivity index (χ0n) is 12.8. The third-order valence-electron chi connectivity index (χ3n) is 4.67. The second-order valence-electron chi connectivity index (χ2n) is 6.57. The van der Waals surface area contributed by atoms with Gasteiger partial charge in [-0.1, -0.05) is 0 Å². The maximum Gasteiger partial charge on any atom is 0.134 e. The molecule has 2 heterocycles. The van der Waals surface area contributed by atoms with Crippen LogP contribution in [0.2, 0.25) is 0 Å². The molecule has 0 aromatic carbocycles. The van der Waals surface area contributed by atoms with E-state index in [1.807, 2.05) is 6.20 Å². The van der Waals surface area contributed by atoms with Crippen LogP contribution in [0, 0.1) is 18.8 Å². The Bertz CT molecular complexity index is 439. The number of likely N-dealkylation sites (tertiary alicyclic amines) is 1. The SMILES string of the molecule is COCc1ncc(C)n1CC1CCCN(CC2CC2)C1. The van der Waals surface area contributed by atoms with Crippen LogP contribution in [-0.2, 0) is 17.9 Å². The van der Waals surface area contributed by atoms with Crippen molar-refractivity contribution in [1.82, 2.24) is 14.5 Å². The minimum atomic E-state index is 0.617. The Labute approximate surface area is 122 Å². The van der Waals surface area contributed by atoms with Gasteiger partial charge < -0.3 is 14.2 Å². The lowest BCUT2D eigenvalue weighted by molar-refractivity contribution is 0.148. The third kappa shape index (κ3) is 3.41. The van der Waals surface area contributed by atoms with E-state index in [9.17, 15) is 0 Å². The molecule has 20 heavy (non-hydrogen) atoms. The standard InChI is InChI=1S/C16H27N3O/c1-13-8-17-16(12-20-2)19(13)11-15-4-3-7-18(10-15)9-14-5-6-14/h8,14-15H,3-7,9-12H2,1-2H3. The largest absolute Gasteiger partial charge is 0.377 e. The van der Waals surface area contributed by atoms with Crippen LogP contribution < -0.4 is 0 Å². The molecule has 1 saturated carbocycles. The van der Waals surface area contributed by atoms with Gasteiger partial charge in [0, 0.05) is 38.6 Å². The monoisotopic (exact) mass is 277 g/mol. The summed E-state index contributed by atoms with van der Waals surface area (Å²) in [6, 6.07) is 0. The molecule has 1 saturated heterocycles. The fourth-order valence-electron chi connectivity index (χ4n) is 3.39. The van der Waals surface area contributed by atoms with Crippen LogP contribution in [0.4, 0.5) is 0 Å². The molecule has 2 aliphatic rings. The van der Waals surface area contributed by atoms with Crippen LogP contribution in [0.15, 0.2) is 6.20 Å². The molecule has 3 rings (SSSR count). The lowest BCUT2D eigenvalue weighted by Gasteiger charge is -2.33. The van der Waals surface area contributed by atoms with E-state index in [0.29, 0.717) is 6.61 Å². The topological polar surface area (TPSA) is 30.3 Å². The van der Waals surface area contributed by atoms with Crippen LogP contribution in [0.5, 0.6) is 0 Å².